The minimum absolute atomic E-state index is 0.0129. The van der Waals surface area contributed by atoms with Crippen LogP contribution < -0.4 is 10.6 Å². The van der Waals surface area contributed by atoms with Crippen LogP contribution in [-0.4, -0.2) is 97.3 Å². The molecule has 6 amide bonds. The number of benzene rings is 2. The molecule has 4 atom stereocenters. The Hall–Kier alpha value is -4.04. The summed E-state index contributed by atoms with van der Waals surface area (Å²) in [4.78, 5) is 82.5. The molecule has 0 bridgehead atoms. The highest BCUT2D eigenvalue weighted by atomic mass is 32.2. The molecule has 5 rings (SSSR count). The highest BCUT2D eigenvalue weighted by molar-refractivity contribution is 8.05. The fourth-order valence-electron chi connectivity index (χ4n) is 6.01. The Kier molecular flexibility index (Phi) is 10.2. The van der Waals surface area contributed by atoms with Crippen LogP contribution in [-0.2, 0) is 35.3 Å². The Morgan fingerprint density at radius 3 is 2.30 bits per heavy atom. The number of nitrogens with one attached hydrogen (secondary N) is 2. The van der Waals surface area contributed by atoms with E-state index in [1.54, 1.807) is 36.6 Å². The molecule has 12 nitrogen and oxygen atoms in total. The van der Waals surface area contributed by atoms with Crippen LogP contribution in [0.5, 0.6) is 0 Å². The van der Waals surface area contributed by atoms with Gasteiger partial charge in [-0.3, -0.25) is 24.1 Å². The van der Waals surface area contributed by atoms with Crippen molar-refractivity contribution in [1.82, 2.24) is 25.3 Å². The molecule has 14 heteroatoms. The average molecular weight is 682 g/mol. The van der Waals surface area contributed by atoms with Gasteiger partial charge in [-0.15, -0.1) is 23.5 Å². The average Bonchev–Trinajstić information content (AvgIpc) is 3.34. The summed E-state index contributed by atoms with van der Waals surface area (Å²) in [6, 6.07) is 14.6. The number of esters is 1. The number of amides is 6. The highest BCUT2D eigenvalue weighted by Gasteiger charge is 2.72. The number of hydrogen-bond acceptors (Lipinski definition) is 9. The molecule has 3 saturated heterocycles. The van der Waals surface area contributed by atoms with E-state index in [-0.39, 0.29) is 19.7 Å². The van der Waals surface area contributed by atoms with Crippen molar-refractivity contribution in [1.29, 1.82) is 0 Å². The molecule has 2 aromatic carbocycles. The molecule has 47 heavy (non-hydrogen) atoms. The number of hydrogen-bond donors (Lipinski definition) is 2. The van der Waals surface area contributed by atoms with Crippen LogP contribution in [0.1, 0.15) is 50.8 Å². The van der Waals surface area contributed by atoms with Gasteiger partial charge >= 0.3 is 23.8 Å². The summed E-state index contributed by atoms with van der Waals surface area (Å²) in [5, 5.41) is 4.91. The Morgan fingerprint density at radius 2 is 1.66 bits per heavy atom. The van der Waals surface area contributed by atoms with Gasteiger partial charge in [-0.1, -0.05) is 74.0 Å². The van der Waals surface area contributed by atoms with E-state index in [0.29, 0.717) is 12.1 Å². The van der Waals surface area contributed by atoms with E-state index < -0.39 is 62.7 Å². The van der Waals surface area contributed by atoms with Crippen molar-refractivity contribution in [3.63, 3.8) is 0 Å². The van der Waals surface area contributed by atoms with Crippen molar-refractivity contribution in [2.45, 2.75) is 67.3 Å². The number of imide groups is 1. The van der Waals surface area contributed by atoms with Crippen LogP contribution in [0.2, 0.25) is 0 Å². The Labute approximate surface area is 282 Å². The van der Waals surface area contributed by atoms with Crippen molar-refractivity contribution in [2.75, 3.05) is 25.9 Å². The molecule has 3 fully saturated rings. The van der Waals surface area contributed by atoms with Gasteiger partial charge in [0.05, 0.1) is 0 Å². The second-order valence-electron chi connectivity index (χ2n) is 12.1. The normalized spacial score (nSPS) is 23.9. The van der Waals surface area contributed by atoms with E-state index in [4.69, 9.17) is 4.74 Å². The van der Waals surface area contributed by atoms with Crippen LogP contribution in [0, 0.1) is 0 Å². The van der Waals surface area contributed by atoms with E-state index in [0.717, 1.165) is 35.1 Å². The second-order valence-corrected chi connectivity index (χ2v) is 14.9. The van der Waals surface area contributed by atoms with Gasteiger partial charge in [-0.05, 0) is 37.7 Å². The van der Waals surface area contributed by atoms with Crippen molar-refractivity contribution < 1.29 is 33.5 Å². The maximum atomic E-state index is 14.0. The summed E-state index contributed by atoms with van der Waals surface area (Å²) in [5.74, 6) is -3.39. The molecule has 2 aromatic rings. The molecule has 1 unspecified atom stereocenters. The van der Waals surface area contributed by atoms with Crippen LogP contribution in [0.3, 0.4) is 0 Å². The lowest BCUT2D eigenvalue weighted by Gasteiger charge is -2.52. The lowest BCUT2D eigenvalue weighted by molar-refractivity contribution is -0.167. The van der Waals surface area contributed by atoms with Gasteiger partial charge in [-0.25, -0.2) is 9.59 Å². The van der Waals surface area contributed by atoms with Crippen molar-refractivity contribution in [3.05, 3.63) is 71.8 Å². The molecule has 0 radical (unpaired) electrons. The lowest BCUT2D eigenvalue weighted by atomic mass is 9.95. The highest BCUT2D eigenvalue weighted by Crippen LogP contribution is 2.58. The van der Waals surface area contributed by atoms with Gasteiger partial charge < -0.3 is 25.2 Å². The fraction of sp³-hybridized carbons (Fsp3) is 0.455. The molecule has 3 heterocycles. The number of piperazine rings is 1. The number of rotatable bonds is 11. The Morgan fingerprint density at radius 1 is 1.00 bits per heavy atom. The predicted octanol–water partition coefficient (Wildman–Crippen LogP) is 2.89. The summed E-state index contributed by atoms with van der Waals surface area (Å²) in [5.41, 5.74) is 1.24. The number of unbranched alkanes of at least 4 members (excludes halogenated alkanes) is 1. The number of ether oxygens (including phenoxy) is 1. The third-order valence-electron chi connectivity index (χ3n) is 8.58. The zero-order chi connectivity index (χ0) is 33.9. The first kappa shape index (κ1) is 34.3. The number of carbonyl (C=O) groups is 6. The smallest absolute Gasteiger partial charge is 0.330 e. The molecule has 0 aromatic heterocycles. The first-order chi connectivity index (χ1) is 22.4. The summed E-state index contributed by atoms with van der Waals surface area (Å²) in [6.07, 6.45) is 3.28. The van der Waals surface area contributed by atoms with Crippen molar-refractivity contribution >= 4 is 59.2 Å². The summed E-state index contributed by atoms with van der Waals surface area (Å²) in [7, 11) is 0. The number of urea groups is 1. The van der Waals surface area contributed by atoms with Crippen LogP contribution in [0.4, 0.5) is 4.79 Å². The van der Waals surface area contributed by atoms with Gasteiger partial charge in [0, 0.05) is 24.4 Å². The molecule has 0 spiro atoms. The molecule has 3 aliphatic rings. The van der Waals surface area contributed by atoms with Crippen molar-refractivity contribution in [2.24, 2.45) is 0 Å². The van der Waals surface area contributed by atoms with E-state index in [1.165, 1.54) is 21.6 Å². The van der Waals surface area contributed by atoms with E-state index in [2.05, 4.69) is 10.6 Å². The van der Waals surface area contributed by atoms with E-state index in [1.807, 2.05) is 51.1 Å². The Balaban J connectivity index is 1.32. The van der Waals surface area contributed by atoms with Crippen LogP contribution >= 0.6 is 23.5 Å². The first-order valence-electron chi connectivity index (χ1n) is 15.5. The Bertz CT molecular complexity index is 1540. The zero-order valence-corrected chi connectivity index (χ0v) is 28.4. The molecule has 2 N–H and O–H groups in total. The SMILES string of the molecule is CCCCN1CCN(C(=O)NC(C(=O)N[C@]2(SC)C(=O)N3[C@@H](C(=O)OCc4ccccc4)C(C)(C)S[C@@H]32)c2ccccc2)C(=O)C1=O. The van der Waals surface area contributed by atoms with Crippen LogP contribution in [0.25, 0.3) is 0 Å². The molecule has 0 saturated carbocycles. The van der Waals surface area contributed by atoms with Crippen molar-refractivity contribution in [3.8, 4) is 0 Å². The molecule has 3 aliphatic heterocycles. The lowest BCUT2D eigenvalue weighted by Crippen LogP contribution is -2.78. The number of carbonyl (C=O) groups excluding carboxylic acids is 6. The van der Waals surface area contributed by atoms with Crippen LogP contribution in [0.15, 0.2) is 60.7 Å². The molecule has 250 valence electrons. The topological polar surface area (TPSA) is 145 Å². The number of nitrogens with zero attached hydrogens (tertiary/aromatic N) is 3. The minimum atomic E-state index is -1.43. The maximum absolute atomic E-state index is 14.0. The monoisotopic (exact) mass is 681 g/mol. The molecular weight excluding hydrogens is 643 g/mol. The zero-order valence-electron chi connectivity index (χ0n) is 26.8. The summed E-state index contributed by atoms with van der Waals surface area (Å²) >= 11 is 2.53. The second kappa shape index (κ2) is 14.0. The number of β-lactam (4-membered cyclic amide) rings is 1. The van der Waals surface area contributed by atoms with Gasteiger partial charge in [0.1, 0.15) is 24.1 Å². The summed E-state index contributed by atoms with van der Waals surface area (Å²) in [6.45, 7) is 6.37. The largest absolute Gasteiger partial charge is 0.459 e. The third kappa shape index (κ3) is 6.57. The predicted molar refractivity (Wildman–Crippen MR) is 178 cm³/mol. The van der Waals surface area contributed by atoms with Gasteiger partial charge in [-0.2, -0.15) is 0 Å². The molecular formula is C33H39N5O7S2. The number of thioether (sulfide) groups is 2. The fourth-order valence-corrected chi connectivity index (χ4v) is 8.81. The summed E-state index contributed by atoms with van der Waals surface area (Å²) < 4.78 is 4.90. The first-order valence-corrected chi connectivity index (χ1v) is 17.6. The van der Waals surface area contributed by atoms with E-state index >= 15 is 0 Å². The maximum Gasteiger partial charge on any atom is 0.330 e. The minimum Gasteiger partial charge on any atom is -0.459 e. The number of fused-ring (bicyclic) bond motifs is 1. The molecule has 0 aliphatic carbocycles. The van der Waals surface area contributed by atoms with Gasteiger partial charge in [0.15, 0.2) is 4.87 Å². The van der Waals surface area contributed by atoms with Gasteiger partial charge in [0.2, 0.25) is 5.91 Å². The quantitative estimate of drug-likeness (QED) is 0.158. The van der Waals surface area contributed by atoms with Gasteiger partial charge in [0.25, 0.3) is 5.91 Å². The third-order valence-corrected chi connectivity index (χ3v) is 11.5. The van der Waals surface area contributed by atoms with E-state index in [9.17, 15) is 28.8 Å². The standard InChI is InChI=1S/C33H39N5O7S2/c1-5-6-17-36-18-19-37(27(41)26(36)40)31(44)34-23(22-15-11-8-12-16-22)25(39)35-33(46-4)29(43)38-24(32(2,3)47-30(33)38)28(42)45-20-21-13-9-7-10-14-21/h7-16,23-24,30H,5-6,17-20H2,1-4H3,(H,34,44)(H,35,39)/t23?,24-,30+,33-/m0/s1.